The molecule has 66 valence electrons. The second-order valence-electron chi connectivity index (χ2n) is 2.31. The minimum absolute atomic E-state index is 0. The quantitative estimate of drug-likeness (QED) is 0.635. The van der Waals surface area contributed by atoms with Crippen molar-refractivity contribution >= 4 is 18.5 Å². The van der Waals surface area contributed by atoms with Crippen LogP contribution in [0.1, 0.15) is 6.42 Å². The molecule has 0 radical (unpaired) electrons. The average Bonchev–Trinajstić information content (AvgIpc) is 1.84. The van der Waals surface area contributed by atoms with Crippen molar-refractivity contribution in [1.29, 1.82) is 0 Å². The van der Waals surface area contributed by atoms with Gasteiger partial charge in [0.15, 0.2) is 0 Å². The lowest BCUT2D eigenvalue weighted by Gasteiger charge is -2.27. The molecule has 0 aromatic rings. The summed E-state index contributed by atoms with van der Waals surface area (Å²) in [7, 11) is 1.36. The van der Waals surface area contributed by atoms with Gasteiger partial charge < -0.3 is 15.4 Å². The van der Waals surface area contributed by atoms with Crippen LogP contribution < -0.4 is 10.6 Å². The monoisotopic (exact) mass is 180 g/mol. The number of ether oxygens (including phenoxy) is 1. The van der Waals surface area contributed by atoms with Crippen LogP contribution in [0.15, 0.2) is 0 Å². The number of hydrogen-bond acceptors (Lipinski definition) is 3. The van der Waals surface area contributed by atoms with Crippen LogP contribution in [-0.2, 0) is 4.74 Å². The van der Waals surface area contributed by atoms with Crippen molar-refractivity contribution in [2.75, 3.05) is 20.2 Å². The van der Waals surface area contributed by atoms with Crippen LogP contribution in [0.4, 0.5) is 4.79 Å². The molecule has 11 heavy (non-hydrogen) atoms. The van der Waals surface area contributed by atoms with E-state index in [2.05, 4.69) is 15.4 Å². The van der Waals surface area contributed by atoms with Crippen molar-refractivity contribution in [2.24, 2.45) is 0 Å². The number of alkyl carbamates (subject to hydrolysis) is 1. The Kier molecular flexibility index (Phi) is 4.98. The van der Waals surface area contributed by atoms with Crippen molar-refractivity contribution in [3.8, 4) is 0 Å². The fourth-order valence-electron chi connectivity index (χ4n) is 0.801. The number of methoxy groups -OCH3 is 1. The largest absolute Gasteiger partial charge is 0.453 e. The number of rotatable bonds is 2. The molecule has 5 heteroatoms. The third kappa shape index (κ3) is 3.43. The zero-order chi connectivity index (χ0) is 7.40. The van der Waals surface area contributed by atoms with Gasteiger partial charge in [0, 0.05) is 12.6 Å². The molecule has 1 rings (SSSR count). The van der Waals surface area contributed by atoms with Gasteiger partial charge >= 0.3 is 6.09 Å². The van der Waals surface area contributed by atoms with Crippen molar-refractivity contribution in [3.63, 3.8) is 0 Å². The van der Waals surface area contributed by atoms with E-state index in [4.69, 9.17) is 0 Å². The van der Waals surface area contributed by atoms with Gasteiger partial charge in [-0.3, -0.25) is 0 Å². The van der Waals surface area contributed by atoms with E-state index in [1.54, 1.807) is 0 Å². The summed E-state index contributed by atoms with van der Waals surface area (Å²) in [4.78, 5) is 10.5. The van der Waals surface area contributed by atoms with E-state index < -0.39 is 0 Å². The number of hydrogen-bond donors (Lipinski definition) is 2. The van der Waals surface area contributed by atoms with E-state index >= 15 is 0 Å². The van der Waals surface area contributed by atoms with E-state index in [-0.39, 0.29) is 18.5 Å². The minimum Gasteiger partial charge on any atom is -0.453 e. The van der Waals surface area contributed by atoms with Crippen LogP contribution in [0.5, 0.6) is 0 Å². The summed E-state index contributed by atoms with van der Waals surface area (Å²) in [5.41, 5.74) is 0. The highest BCUT2D eigenvalue weighted by molar-refractivity contribution is 5.85. The first-order valence-corrected chi connectivity index (χ1v) is 3.38. The van der Waals surface area contributed by atoms with Gasteiger partial charge in [0.05, 0.1) is 7.11 Å². The third-order valence-electron chi connectivity index (χ3n) is 1.60. The molecule has 1 amide bonds. The highest BCUT2D eigenvalue weighted by atomic mass is 35.5. The second-order valence-corrected chi connectivity index (χ2v) is 2.31. The van der Waals surface area contributed by atoms with Gasteiger partial charge in [-0.15, -0.1) is 12.4 Å². The van der Waals surface area contributed by atoms with E-state index in [0.717, 1.165) is 13.0 Å². The molecule has 1 heterocycles. The molecule has 1 saturated heterocycles. The number of halogens is 1. The molecule has 1 atom stereocenters. The summed E-state index contributed by atoms with van der Waals surface area (Å²) in [6.07, 6.45) is 0.790. The molecule has 0 aromatic heterocycles. The standard InChI is InChI=1S/C6H12N2O2.ClH/c1-10-6(9)8-4-5-2-3-7-5;/h5,7H,2-4H2,1H3,(H,8,9);1H. The second kappa shape index (κ2) is 5.21. The fourth-order valence-corrected chi connectivity index (χ4v) is 0.801. The SMILES string of the molecule is COC(=O)NCC1CCN1.Cl. The molecule has 1 fully saturated rings. The van der Waals surface area contributed by atoms with E-state index in [9.17, 15) is 4.79 Å². The minimum atomic E-state index is -0.353. The van der Waals surface area contributed by atoms with Crippen LogP contribution in [-0.4, -0.2) is 32.3 Å². The van der Waals surface area contributed by atoms with Crippen LogP contribution in [0.2, 0.25) is 0 Å². The fraction of sp³-hybridized carbons (Fsp3) is 0.833. The van der Waals surface area contributed by atoms with Crippen molar-refractivity contribution < 1.29 is 9.53 Å². The third-order valence-corrected chi connectivity index (χ3v) is 1.60. The highest BCUT2D eigenvalue weighted by Crippen LogP contribution is 1.98. The van der Waals surface area contributed by atoms with Gasteiger partial charge in [-0.25, -0.2) is 4.79 Å². The van der Waals surface area contributed by atoms with Crippen LogP contribution in [0, 0.1) is 0 Å². The first-order chi connectivity index (χ1) is 4.83. The Morgan fingerprint density at radius 3 is 2.82 bits per heavy atom. The summed E-state index contributed by atoms with van der Waals surface area (Å²) in [5, 5.41) is 5.77. The van der Waals surface area contributed by atoms with Crippen molar-refractivity contribution in [2.45, 2.75) is 12.5 Å². The molecule has 2 N–H and O–H groups in total. The zero-order valence-electron chi connectivity index (χ0n) is 6.42. The Labute approximate surface area is 72.1 Å². The first kappa shape index (κ1) is 10.5. The predicted molar refractivity (Wildman–Crippen MR) is 44.1 cm³/mol. The Balaban J connectivity index is 0.000001000. The van der Waals surface area contributed by atoms with Crippen LogP contribution in [0.25, 0.3) is 0 Å². The lowest BCUT2D eigenvalue weighted by atomic mass is 10.1. The van der Waals surface area contributed by atoms with Gasteiger partial charge in [-0.1, -0.05) is 0 Å². The average molecular weight is 181 g/mol. The number of amides is 1. The number of nitrogens with one attached hydrogen (secondary N) is 2. The Morgan fingerprint density at radius 1 is 1.82 bits per heavy atom. The Morgan fingerprint density at radius 2 is 2.45 bits per heavy atom. The van der Waals surface area contributed by atoms with Gasteiger partial charge in [-0.2, -0.15) is 0 Å². The summed E-state index contributed by atoms with van der Waals surface area (Å²) >= 11 is 0. The maximum atomic E-state index is 10.5. The Hall–Kier alpha value is -0.480. The van der Waals surface area contributed by atoms with Crippen molar-refractivity contribution in [1.82, 2.24) is 10.6 Å². The maximum absolute atomic E-state index is 10.5. The zero-order valence-corrected chi connectivity index (χ0v) is 7.24. The Bertz CT molecular complexity index is 128. The summed E-state index contributed by atoms with van der Waals surface area (Å²) in [6.45, 7) is 1.74. The predicted octanol–water partition coefficient (Wildman–Crippen LogP) is 0.126. The van der Waals surface area contributed by atoms with Gasteiger partial charge in [0.1, 0.15) is 0 Å². The molecule has 1 aliphatic heterocycles. The summed E-state index contributed by atoms with van der Waals surface area (Å²) in [5.74, 6) is 0. The van der Waals surface area contributed by atoms with E-state index in [1.165, 1.54) is 7.11 Å². The lowest BCUT2D eigenvalue weighted by Crippen LogP contribution is -2.50. The molecular formula is C6H13ClN2O2. The van der Waals surface area contributed by atoms with Gasteiger partial charge in [-0.05, 0) is 13.0 Å². The molecule has 0 bridgehead atoms. The van der Waals surface area contributed by atoms with Gasteiger partial charge in [0.25, 0.3) is 0 Å². The van der Waals surface area contributed by atoms with Crippen LogP contribution in [0.3, 0.4) is 0 Å². The van der Waals surface area contributed by atoms with Gasteiger partial charge in [0.2, 0.25) is 0 Å². The van der Waals surface area contributed by atoms with Crippen molar-refractivity contribution in [3.05, 3.63) is 0 Å². The molecule has 1 aliphatic rings. The topological polar surface area (TPSA) is 50.4 Å². The maximum Gasteiger partial charge on any atom is 0.406 e. The summed E-state index contributed by atoms with van der Waals surface area (Å²) in [6, 6.07) is 0.457. The molecule has 0 spiro atoms. The molecule has 0 aromatic carbocycles. The molecule has 0 saturated carbocycles. The highest BCUT2D eigenvalue weighted by Gasteiger charge is 2.16. The molecular weight excluding hydrogens is 168 g/mol. The smallest absolute Gasteiger partial charge is 0.406 e. The molecule has 4 nitrogen and oxygen atoms in total. The molecule has 1 unspecified atom stereocenters. The van der Waals surface area contributed by atoms with Crippen LogP contribution >= 0.6 is 12.4 Å². The normalized spacial score (nSPS) is 21.0. The lowest BCUT2D eigenvalue weighted by molar-refractivity contribution is 0.168. The summed E-state index contributed by atoms with van der Waals surface area (Å²) < 4.78 is 4.39. The molecule has 0 aliphatic carbocycles. The first-order valence-electron chi connectivity index (χ1n) is 3.38. The number of carbonyl (C=O) groups is 1. The number of carbonyl (C=O) groups excluding carboxylic acids is 1. The van der Waals surface area contributed by atoms with E-state index in [0.29, 0.717) is 12.6 Å². The van der Waals surface area contributed by atoms with E-state index in [1.807, 2.05) is 0 Å².